The zero-order chi connectivity index (χ0) is 19.1. The summed E-state index contributed by atoms with van der Waals surface area (Å²) in [4.78, 5) is 0. The summed E-state index contributed by atoms with van der Waals surface area (Å²) in [5, 5.41) is 14.7. The van der Waals surface area contributed by atoms with Gasteiger partial charge >= 0.3 is 0 Å². The van der Waals surface area contributed by atoms with Gasteiger partial charge in [0, 0.05) is 10.9 Å². The number of para-hydroxylation sites is 1. The van der Waals surface area contributed by atoms with Gasteiger partial charge in [0.05, 0.1) is 22.5 Å². The molecular formula is C20H18N2O4S. The first-order chi connectivity index (χ1) is 13.0. The molecule has 4 aromatic rings. The molecule has 0 aliphatic rings. The molecule has 0 aliphatic carbocycles. The Kier molecular flexibility index (Phi) is 4.33. The van der Waals surface area contributed by atoms with Crippen LogP contribution in [0, 0.1) is 13.8 Å². The summed E-state index contributed by atoms with van der Waals surface area (Å²) >= 11 is -2.03. The lowest BCUT2D eigenvalue weighted by Gasteiger charge is -2.11. The zero-order valence-electron chi connectivity index (χ0n) is 14.8. The van der Waals surface area contributed by atoms with E-state index in [4.69, 9.17) is 4.52 Å². The molecule has 0 fully saturated rings. The standard InChI is InChI=1S/C20H18N2O4S/c1-12-18(13(2)26-21-12)20-19(14-7-9-15(23)10-8-14)16-5-3-4-6-17(16)22(20)11-27(24)25/h3-10,23H,11H2,1-2H3,(H,24,25). The third-order valence-corrected chi connectivity index (χ3v) is 5.12. The second kappa shape index (κ2) is 6.68. The van der Waals surface area contributed by atoms with Crippen molar-refractivity contribution in [2.24, 2.45) is 0 Å². The molecule has 4 rings (SSSR count). The largest absolute Gasteiger partial charge is 0.508 e. The molecule has 0 aliphatic heterocycles. The van der Waals surface area contributed by atoms with E-state index in [1.54, 1.807) is 12.1 Å². The van der Waals surface area contributed by atoms with Crippen LogP contribution in [0.25, 0.3) is 33.3 Å². The topological polar surface area (TPSA) is 88.5 Å². The first kappa shape index (κ1) is 17.5. The number of phenols is 1. The molecule has 2 aromatic heterocycles. The van der Waals surface area contributed by atoms with Crippen molar-refractivity contribution < 1.29 is 18.4 Å². The highest BCUT2D eigenvalue weighted by Crippen LogP contribution is 2.43. The van der Waals surface area contributed by atoms with Gasteiger partial charge in [0.1, 0.15) is 17.4 Å². The lowest BCUT2D eigenvalue weighted by atomic mass is 9.97. The number of aromatic hydroxyl groups is 1. The maximum Gasteiger partial charge on any atom is 0.173 e. The molecule has 6 nitrogen and oxygen atoms in total. The Hall–Kier alpha value is -2.90. The van der Waals surface area contributed by atoms with Crippen LogP contribution in [0.2, 0.25) is 0 Å². The average Bonchev–Trinajstić information content (AvgIpc) is 3.13. The zero-order valence-corrected chi connectivity index (χ0v) is 15.7. The normalized spacial score (nSPS) is 12.6. The Bertz CT molecular complexity index is 1140. The van der Waals surface area contributed by atoms with E-state index in [0.717, 1.165) is 33.3 Å². The Morgan fingerprint density at radius 1 is 1.07 bits per heavy atom. The number of fused-ring (bicyclic) bond motifs is 1. The summed E-state index contributed by atoms with van der Waals surface area (Å²) in [7, 11) is 0. The minimum absolute atomic E-state index is 0.0714. The Balaban J connectivity index is 2.16. The third kappa shape index (κ3) is 2.94. The maximum atomic E-state index is 11.7. The van der Waals surface area contributed by atoms with E-state index in [1.807, 2.05) is 54.8 Å². The van der Waals surface area contributed by atoms with Crippen molar-refractivity contribution in [1.29, 1.82) is 0 Å². The van der Waals surface area contributed by atoms with Gasteiger partial charge in [-0.15, -0.1) is 0 Å². The van der Waals surface area contributed by atoms with Gasteiger partial charge in [0.25, 0.3) is 0 Å². The molecule has 0 amide bonds. The summed E-state index contributed by atoms with van der Waals surface area (Å²) in [5.74, 6) is 0.746. The smallest absolute Gasteiger partial charge is 0.173 e. The molecule has 0 saturated heterocycles. The molecule has 0 saturated carbocycles. The van der Waals surface area contributed by atoms with Crippen molar-refractivity contribution >= 4 is 22.0 Å². The van der Waals surface area contributed by atoms with Crippen LogP contribution in [0.5, 0.6) is 5.75 Å². The van der Waals surface area contributed by atoms with Gasteiger partial charge < -0.3 is 18.7 Å². The maximum absolute atomic E-state index is 11.7. The third-order valence-electron chi connectivity index (χ3n) is 4.64. The van der Waals surface area contributed by atoms with Gasteiger partial charge in [-0.2, -0.15) is 0 Å². The fourth-order valence-electron chi connectivity index (χ4n) is 3.55. The van der Waals surface area contributed by atoms with Crippen LogP contribution in [-0.2, 0) is 17.0 Å². The van der Waals surface area contributed by atoms with Crippen LogP contribution in [0.3, 0.4) is 0 Å². The van der Waals surface area contributed by atoms with Crippen LogP contribution in [-0.4, -0.2) is 23.6 Å². The van der Waals surface area contributed by atoms with Crippen molar-refractivity contribution in [3.8, 4) is 28.1 Å². The first-order valence-electron chi connectivity index (χ1n) is 8.38. The molecule has 2 heterocycles. The van der Waals surface area contributed by atoms with Crippen LogP contribution in [0.15, 0.2) is 53.1 Å². The van der Waals surface area contributed by atoms with E-state index in [1.165, 1.54) is 0 Å². The lowest BCUT2D eigenvalue weighted by molar-refractivity contribution is 0.393. The summed E-state index contributed by atoms with van der Waals surface area (Å²) in [5.41, 5.74) is 4.94. The predicted molar refractivity (Wildman–Crippen MR) is 105 cm³/mol. The van der Waals surface area contributed by atoms with Crippen molar-refractivity contribution in [1.82, 2.24) is 9.72 Å². The number of hydrogen-bond donors (Lipinski definition) is 2. The summed E-state index contributed by atoms with van der Waals surface area (Å²) in [6.07, 6.45) is 0. The number of benzene rings is 2. The Morgan fingerprint density at radius 2 is 1.78 bits per heavy atom. The summed E-state index contributed by atoms with van der Waals surface area (Å²) in [6, 6.07) is 14.7. The molecule has 27 heavy (non-hydrogen) atoms. The number of aromatic nitrogens is 2. The number of hydrogen-bond acceptors (Lipinski definition) is 4. The minimum atomic E-state index is -2.03. The molecule has 0 spiro atoms. The van der Waals surface area contributed by atoms with Gasteiger partial charge in [-0.1, -0.05) is 35.5 Å². The fraction of sp³-hybridized carbons (Fsp3) is 0.150. The highest BCUT2D eigenvalue weighted by molar-refractivity contribution is 7.78. The monoisotopic (exact) mass is 382 g/mol. The first-order valence-corrected chi connectivity index (χ1v) is 9.66. The van der Waals surface area contributed by atoms with E-state index < -0.39 is 11.1 Å². The highest BCUT2D eigenvalue weighted by atomic mass is 32.2. The van der Waals surface area contributed by atoms with Crippen LogP contribution in [0.4, 0.5) is 0 Å². The van der Waals surface area contributed by atoms with Gasteiger partial charge in [0.2, 0.25) is 0 Å². The summed E-state index contributed by atoms with van der Waals surface area (Å²) in [6.45, 7) is 3.68. The molecule has 1 atom stereocenters. The predicted octanol–water partition coefficient (Wildman–Crippen LogP) is 4.46. The molecule has 0 bridgehead atoms. The number of nitrogens with zero attached hydrogens (tertiary/aromatic N) is 2. The molecule has 0 radical (unpaired) electrons. The van der Waals surface area contributed by atoms with E-state index in [9.17, 15) is 13.9 Å². The SMILES string of the molecule is Cc1noc(C)c1-c1c(-c2ccc(O)cc2)c2ccccc2n1CS(=O)O. The van der Waals surface area contributed by atoms with Gasteiger partial charge in [-0.3, -0.25) is 0 Å². The van der Waals surface area contributed by atoms with Gasteiger partial charge in [0.15, 0.2) is 11.1 Å². The quantitative estimate of drug-likeness (QED) is 0.509. The molecule has 138 valence electrons. The average molecular weight is 382 g/mol. The summed E-state index contributed by atoms with van der Waals surface area (Å²) < 4.78 is 28.5. The van der Waals surface area contributed by atoms with Crippen molar-refractivity contribution in [3.05, 3.63) is 60.0 Å². The van der Waals surface area contributed by atoms with E-state index in [0.29, 0.717) is 11.5 Å². The van der Waals surface area contributed by atoms with Crippen LogP contribution in [0.1, 0.15) is 11.5 Å². The Labute approximate surface area is 158 Å². The lowest BCUT2D eigenvalue weighted by Crippen LogP contribution is -2.06. The second-order valence-corrected chi connectivity index (χ2v) is 7.27. The van der Waals surface area contributed by atoms with E-state index in [-0.39, 0.29) is 11.6 Å². The minimum Gasteiger partial charge on any atom is -0.508 e. The van der Waals surface area contributed by atoms with Crippen LogP contribution < -0.4 is 0 Å². The second-order valence-electron chi connectivity index (χ2n) is 6.37. The van der Waals surface area contributed by atoms with Crippen molar-refractivity contribution in [2.75, 3.05) is 0 Å². The van der Waals surface area contributed by atoms with Gasteiger partial charge in [-0.05, 0) is 37.6 Å². The number of aryl methyl sites for hydroxylation is 2. The molecule has 2 N–H and O–H groups in total. The number of phenolic OH excluding ortho intramolecular Hbond substituents is 1. The van der Waals surface area contributed by atoms with E-state index >= 15 is 0 Å². The Morgan fingerprint density at radius 3 is 2.41 bits per heavy atom. The molecule has 1 unspecified atom stereocenters. The van der Waals surface area contributed by atoms with Crippen LogP contribution >= 0.6 is 0 Å². The van der Waals surface area contributed by atoms with Crippen molar-refractivity contribution in [2.45, 2.75) is 19.7 Å². The molecule has 2 aromatic carbocycles. The molecular weight excluding hydrogens is 364 g/mol. The fourth-order valence-corrected chi connectivity index (χ4v) is 4.04. The van der Waals surface area contributed by atoms with Gasteiger partial charge in [-0.25, -0.2) is 4.21 Å². The van der Waals surface area contributed by atoms with E-state index in [2.05, 4.69) is 5.16 Å². The molecule has 7 heteroatoms. The van der Waals surface area contributed by atoms with Crippen molar-refractivity contribution in [3.63, 3.8) is 0 Å². The number of rotatable bonds is 4. The highest BCUT2D eigenvalue weighted by Gasteiger charge is 2.25.